The fourth-order valence-electron chi connectivity index (χ4n) is 4.10. The van der Waals surface area contributed by atoms with Crippen LogP contribution in [0.25, 0.3) is 0 Å². The maximum atomic E-state index is 12.2. The minimum Gasteiger partial charge on any atom is -0.508 e. The number of nitrogen functional groups attached to an aromatic ring is 1. The molecule has 2 fully saturated rings. The van der Waals surface area contributed by atoms with Crippen LogP contribution in [0.2, 0.25) is 0 Å². The molecule has 2 aliphatic rings. The summed E-state index contributed by atoms with van der Waals surface area (Å²) in [5, 5.41) is 12.4. The van der Waals surface area contributed by atoms with Crippen LogP contribution < -0.4 is 11.1 Å². The third-order valence-corrected chi connectivity index (χ3v) is 5.61. The molecule has 1 aliphatic carbocycles. The number of anilines is 1. The number of phenolic OH excluding ortho intramolecular Hbond substituents is 1. The smallest absolute Gasteiger partial charge is 0.253 e. The summed E-state index contributed by atoms with van der Waals surface area (Å²) < 4.78 is 0. The van der Waals surface area contributed by atoms with Crippen LogP contribution in [-0.4, -0.2) is 41.6 Å². The van der Waals surface area contributed by atoms with E-state index in [0.29, 0.717) is 23.7 Å². The van der Waals surface area contributed by atoms with Crippen LogP contribution in [0.4, 0.5) is 5.69 Å². The molecule has 4 N–H and O–H groups in total. The zero-order valence-electron chi connectivity index (χ0n) is 14.3. The Morgan fingerprint density at radius 1 is 1.21 bits per heavy atom. The molecule has 0 radical (unpaired) electrons. The van der Waals surface area contributed by atoms with E-state index in [2.05, 4.69) is 10.2 Å². The first kappa shape index (κ1) is 17.1. The highest BCUT2D eigenvalue weighted by molar-refractivity contribution is 5.99. The van der Waals surface area contributed by atoms with Crippen molar-refractivity contribution in [1.82, 2.24) is 10.2 Å². The highest BCUT2D eigenvalue weighted by Crippen LogP contribution is 2.28. The summed E-state index contributed by atoms with van der Waals surface area (Å²) in [7, 11) is 0. The van der Waals surface area contributed by atoms with Crippen molar-refractivity contribution in [1.29, 1.82) is 0 Å². The first-order valence-corrected chi connectivity index (χ1v) is 9.24. The van der Waals surface area contributed by atoms with Gasteiger partial charge in [-0.05, 0) is 69.3 Å². The Hall–Kier alpha value is -1.75. The van der Waals surface area contributed by atoms with Gasteiger partial charge in [-0.3, -0.25) is 4.79 Å². The van der Waals surface area contributed by atoms with Crippen LogP contribution in [0.5, 0.6) is 5.75 Å². The number of benzene rings is 1. The number of carbonyl (C=O) groups is 1. The molecule has 3 rings (SSSR count). The van der Waals surface area contributed by atoms with E-state index in [-0.39, 0.29) is 11.7 Å². The Morgan fingerprint density at radius 2 is 1.92 bits per heavy atom. The number of hydrogen-bond donors (Lipinski definition) is 3. The molecule has 0 spiro atoms. The highest BCUT2D eigenvalue weighted by atomic mass is 16.3. The summed E-state index contributed by atoms with van der Waals surface area (Å²) in [6.45, 7) is 3.09. The van der Waals surface area contributed by atoms with Gasteiger partial charge in [0.15, 0.2) is 0 Å². The molecule has 5 heteroatoms. The second-order valence-electron chi connectivity index (χ2n) is 7.23. The monoisotopic (exact) mass is 331 g/mol. The van der Waals surface area contributed by atoms with Gasteiger partial charge in [0, 0.05) is 18.3 Å². The van der Waals surface area contributed by atoms with Crippen molar-refractivity contribution in [3.8, 4) is 5.75 Å². The minimum atomic E-state index is -0.202. The molecule has 5 nitrogen and oxygen atoms in total. The van der Waals surface area contributed by atoms with E-state index in [9.17, 15) is 9.90 Å². The standard InChI is InChI=1S/C19H29N3O2/c20-18-6-5-16(23)13-17(18)19(24)21-10-7-14-8-11-22(12-9-14)15-3-1-2-4-15/h5-6,13-15,23H,1-4,7-12,20H2,(H,21,24). The van der Waals surface area contributed by atoms with Crippen molar-refractivity contribution >= 4 is 11.6 Å². The van der Waals surface area contributed by atoms with Gasteiger partial charge in [-0.2, -0.15) is 0 Å². The fraction of sp³-hybridized carbons (Fsp3) is 0.632. The van der Waals surface area contributed by atoms with Gasteiger partial charge in [0.2, 0.25) is 0 Å². The number of hydrogen-bond acceptors (Lipinski definition) is 4. The maximum absolute atomic E-state index is 12.2. The van der Waals surface area contributed by atoms with Gasteiger partial charge >= 0.3 is 0 Å². The van der Waals surface area contributed by atoms with Gasteiger partial charge in [0.05, 0.1) is 5.56 Å². The summed E-state index contributed by atoms with van der Waals surface area (Å²) >= 11 is 0. The first-order valence-electron chi connectivity index (χ1n) is 9.24. The van der Waals surface area contributed by atoms with E-state index in [1.807, 2.05) is 0 Å². The van der Waals surface area contributed by atoms with E-state index in [1.165, 1.54) is 63.7 Å². The van der Waals surface area contributed by atoms with Crippen LogP contribution in [0.3, 0.4) is 0 Å². The van der Waals surface area contributed by atoms with Gasteiger partial charge in [0.1, 0.15) is 5.75 Å². The third-order valence-electron chi connectivity index (χ3n) is 5.61. The summed E-state index contributed by atoms with van der Waals surface area (Å²) in [5.41, 5.74) is 6.55. The summed E-state index contributed by atoms with van der Waals surface area (Å²) in [5.74, 6) is 0.560. The lowest BCUT2D eigenvalue weighted by Crippen LogP contribution is -2.40. The molecule has 1 aromatic rings. The van der Waals surface area contributed by atoms with E-state index < -0.39 is 0 Å². The summed E-state index contributed by atoms with van der Waals surface area (Å²) in [6.07, 6.45) is 9.05. The number of piperidine rings is 1. The van der Waals surface area contributed by atoms with E-state index >= 15 is 0 Å². The lowest BCUT2D eigenvalue weighted by atomic mass is 9.92. The Kier molecular flexibility index (Phi) is 5.61. The molecule has 1 aliphatic heterocycles. The van der Waals surface area contributed by atoms with Gasteiger partial charge in [-0.25, -0.2) is 0 Å². The van der Waals surface area contributed by atoms with Crippen LogP contribution in [0.15, 0.2) is 18.2 Å². The number of nitrogens with one attached hydrogen (secondary N) is 1. The molecule has 0 unspecified atom stereocenters. The molecule has 24 heavy (non-hydrogen) atoms. The molecule has 0 aromatic heterocycles. The van der Waals surface area contributed by atoms with Crippen molar-refractivity contribution in [3.05, 3.63) is 23.8 Å². The second kappa shape index (κ2) is 7.88. The highest BCUT2D eigenvalue weighted by Gasteiger charge is 2.26. The van der Waals surface area contributed by atoms with E-state index in [0.717, 1.165) is 12.5 Å². The fourth-order valence-corrected chi connectivity index (χ4v) is 4.10. The maximum Gasteiger partial charge on any atom is 0.253 e. The largest absolute Gasteiger partial charge is 0.508 e. The molecule has 1 amide bonds. The Balaban J connectivity index is 1.39. The first-order chi connectivity index (χ1) is 11.6. The minimum absolute atomic E-state index is 0.0636. The van der Waals surface area contributed by atoms with Crippen LogP contribution >= 0.6 is 0 Å². The number of nitrogens with zero attached hydrogens (tertiary/aromatic N) is 1. The van der Waals surface area contributed by atoms with Crippen LogP contribution in [-0.2, 0) is 0 Å². The average Bonchev–Trinajstić information content (AvgIpc) is 3.12. The SMILES string of the molecule is Nc1ccc(O)cc1C(=O)NCCC1CCN(C2CCCC2)CC1. The zero-order valence-corrected chi connectivity index (χ0v) is 14.3. The number of nitrogens with two attached hydrogens (primary N) is 1. The summed E-state index contributed by atoms with van der Waals surface area (Å²) in [6, 6.07) is 5.30. The predicted octanol–water partition coefficient (Wildman–Crippen LogP) is 2.75. The molecular weight excluding hydrogens is 302 g/mol. The van der Waals surface area contributed by atoms with Gasteiger partial charge in [-0.1, -0.05) is 12.8 Å². The second-order valence-corrected chi connectivity index (χ2v) is 7.23. The van der Waals surface area contributed by atoms with Crippen molar-refractivity contribution < 1.29 is 9.90 Å². The van der Waals surface area contributed by atoms with Crippen molar-refractivity contribution in [2.24, 2.45) is 5.92 Å². The number of aromatic hydroxyl groups is 1. The molecular formula is C19H29N3O2. The van der Waals surface area contributed by atoms with Crippen LogP contribution in [0, 0.1) is 5.92 Å². The van der Waals surface area contributed by atoms with E-state index in [1.54, 1.807) is 6.07 Å². The Bertz CT molecular complexity index is 562. The van der Waals surface area contributed by atoms with Crippen molar-refractivity contribution in [2.45, 2.75) is 51.0 Å². The zero-order chi connectivity index (χ0) is 16.9. The molecule has 0 atom stereocenters. The van der Waals surface area contributed by atoms with Gasteiger partial charge < -0.3 is 21.1 Å². The number of carbonyl (C=O) groups excluding carboxylic acids is 1. The lowest BCUT2D eigenvalue weighted by molar-refractivity contribution is 0.0945. The molecule has 0 bridgehead atoms. The number of phenols is 1. The summed E-state index contributed by atoms with van der Waals surface area (Å²) in [4.78, 5) is 14.9. The van der Waals surface area contributed by atoms with Crippen molar-refractivity contribution in [2.75, 3.05) is 25.4 Å². The van der Waals surface area contributed by atoms with Gasteiger partial charge in [-0.15, -0.1) is 0 Å². The average molecular weight is 331 g/mol. The molecule has 1 saturated carbocycles. The van der Waals surface area contributed by atoms with Crippen molar-refractivity contribution in [3.63, 3.8) is 0 Å². The molecule has 1 aromatic carbocycles. The number of likely N-dealkylation sites (tertiary alicyclic amines) is 1. The lowest BCUT2D eigenvalue weighted by Gasteiger charge is -2.36. The van der Waals surface area contributed by atoms with Crippen LogP contribution in [0.1, 0.15) is 55.3 Å². The topological polar surface area (TPSA) is 78.6 Å². The molecule has 1 heterocycles. The Labute approximate surface area is 144 Å². The normalized spacial score (nSPS) is 20.3. The molecule has 1 saturated heterocycles. The number of rotatable bonds is 5. The third kappa shape index (κ3) is 4.20. The molecule has 132 valence electrons. The Morgan fingerprint density at radius 3 is 2.62 bits per heavy atom. The van der Waals surface area contributed by atoms with Gasteiger partial charge in [0.25, 0.3) is 5.91 Å². The van der Waals surface area contributed by atoms with E-state index in [4.69, 9.17) is 5.73 Å². The predicted molar refractivity (Wildman–Crippen MR) is 96.0 cm³/mol. The number of amides is 1. The quantitative estimate of drug-likeness (QED) is 0.573.